The minimum absolute atomic E-state index is 0.0396. The maximum absolute atomic E-state index is 12.3. The zero-order chi connectivity index (χ0) is 13.9. The van der Waals surface area contributed by atoms with Gasteiger partial charge in [-0.25, -0.2) is 0 Å². The Balaban J connectivity index is 1.73. The number of hydrogen-bond donors (Lipinski definition) is 0. The summed E-state index contributed by atoms with van der Waals surface area (Å²) in [5, 5.41) is 4.39. The number of morpholine rings is 1. The summed E-state index contributed by atoms with van der Waals surface area (Å²) in [5.41, 5.74) is 1.02. The van der Waals surface area contributed by atoms with Gasteiger partial charge >= 0.3 is 0 Å². The molecule has 1 aromatic heterocycles. The molecule has 20 heavy (non-hydrogen) atoms. The molecule has 0 bridgehead atoms. The fourth-order valence-electron chi connectivity index (χ4n) is 2.13. The van der Waals surface area contributed by atoms with E-state index >= 15 is 0 Å². The van der Waals surface area contributed by atoms with Gasteiger partial charge in [-0.3, -0.25) is 4.79 Å². The number of hydrogen-bond acceptors (Lipinski definition) is 5. The molecule has 0 saturated carbocycles. The van der Waals surface area contributed by atoms with Gasteiger partial charge in [0, 0.05) is 11.6 Å². The van der Waals surface area contributed by atoms with Crippen molar-refractivity contribution in [2.45, 2.75) is 6.10 Å². The van der Waals surface area contributed by atoms with Crippen molar-refractivity contribution in [3.05, 3.63) is 45.9 Å². The van der Waals surface area contributed by atoms with E-state index in [2.05, 4.69) is 9.59 Å². The predicted molar refractivity (Wildman–Crippen MR) is 76.0 cm³/mol. The van der Waals surface area contributed by atoms with Crippen molar-refractivity contribution in [1.82, 2.24) is 14.5 Å². The second-order valence-corrected chi connectivity index (χ2v) is 5.67. The molecule has 0 radical (unpaired) electrons. The third-order valence-corrected chi connectivity index (χ3v) is 4.07. The van der Waals surface area contributed by atoms with Crippen molar-refractivity contribution in [2.24, 2.45) is 0 Å². The topological polar surface area (TPSA) is 55.3 Å². The monoisotopic (exact) mass is 309 g/mol. The van der Waals surface area contributed by atoms with Crippen LogP contribution in [0.15, 0.2) is 30.5 Å². The number of aromatic nitrogens is 2. The number of benzene rings is 1. The molecule has 2 aromatic rings. The average molecular weight is 310 g/mol. The molecule has 0 spiro atoms. The Labute approximate surface area is 125 Å². The maximum atomic E-state index is 12.3. The highest BCUT2D eigenvalue weighted by Crippen LogP contribution is 2.24. The number of carbonyl (C=O) groups excluding carboxylic acids is 1. The van der Waals surface area contributed by atoms with Crippen LogP contribution in [0.1, 0.15) is 21.3 Å². The summed E-state index contributed by atoms with van der Waals surface area (Å²) in [4.78, 5) is 14.6. The second kappa shape index (κ2) is 5.87. The molecule has 1 unspecified atom stereocenters. The van der Waals surface area contributed by atoms with Crippen LogP contribution in [0.5, 0.6) is 0 Å². The van der Waals surface area contributed by atoms with Crippen LogP contribution in [0.3, 0.4) is 0 Å². The third kappa shape index (κ3) is 2.82. The standard InChI is InChI=1S/C13H12ClN3O2S/c14-10-3-1-9(2-4-10)11-8-17(5-6-19-11)13(18)12-7-15-16-20-12/h1-4,7,11H,5-6,8H2. The van der Waals surface area contributed by atoms with Gasteiger partial charge in [0.1, 0.15) is 11.0 Å². The van der Waals surface area contributed by atoms with E-state index in [0.717, 1.165) is 17.1 Å². The molecule has 1 fully saturated rings. The van der Waals surface area contributed by atoms with Crippen molar-refractivity contribution in [3.8, 4) is 0 Å². The van der Waals surface area contributed by atoms with Gasteiger partial charge in [0.15, 0.2) is 0 Å². The van der Waals surface area contributed by atoms with E-state index in [4.69, 9.17) is 16.3 Å². The highest BCUT2D eigenvalue weighted by atomic mass is 35.5. The van der Waals surface area contributed by atoms with Crippen molar-refractivity contribution in [2.75, 3.05) is 19.7 Å². The molecule has 1 atom stereocenters. The first kappa shape index (κ1) is 13.5. The lowest BCUT2D eigenvalue weighted by molar-refractivity contribution is -0.0226. The summed E-state index contributed by atoms with van der Waals surface area (Å²) in [6.07, 6.45) is 1.38. The minimum Gasteiger partial charge on any atom is -0.370 e. The molecule has 3 rings (SSSR count). The first-order valence-corrected chi connectivity index (χ1v) is 7.33. The quantitative estimate of drug-likeness (QED) is 0.855. The molecule has 1 aromatic carbocycles. The van der Waals surface area contributed by atoms with Gasteiger partial charge in [-0.15, -0.1) is 5.10 Å². The zero-order valence-corrected chi connectivity index (χ0v) is 12.1. The minimum atomic E-state index is -0.120. The van der Waals surface area contributed by atoms with E-state index in [9.17, 15) is 4.79 Å². The van der Waals surface area contributed by atoms with Gasteiger partial charge in [-0.1, -0.05) is 28.2 Å². The van der Waals surface area contributed by atoms with Gasteiger partial charge in [-0.2, -0.15) is 0 Å². The third-order valence-electron chi connectivity index (χ3n) is 3.17. The summed E-state index contributed by atoms with van der Waals surface area (Å²) in [6, 6.07) is 7.51. The molecule has 1 amide bonds. The Morgan fingerprint density at radius 2 is 2.20 bits per heavy atom. The van der Waals surface area contributed by atoms with Crippen molar-refractivity contribution in [3.63, 3.8) is 0 Å². The molecule has 1 aliphatic heterocycles. The molecular weight excluding hydrogens is 298 g/mol. The molecule has 104 valence electrons. The van der Waals surface area contributed by atoms with Gasteiger partial charge in [-0.05, 0) is 29.2 Å². The van der Waals surface area contributed by atoms with Crippen molar-refractivity contribution >= 4 is 29.0 Å². The molecular formula is C13H12ClN3O2S. The highest BCUT2D eigenvalue weighted by Gasteiger charge is 2.27. The lowest BCUT2D eigenvalue weighted by Crippen LogP contribution is -2.42. The van der Waals surface area contributed by atoms with E-state index in [0.29, 0.717) is 29.6 Å². The largest absolute Gasteiger partial charge is 0.370 e. The van der Waals surface area contributed by atoms with Gasteiger partial charge in [0.25, 0.3) is 5.91 Å². The Hall–Kier alpha value is -1.50. The number of ether oxygens (including phenoxy) is 1. The summed E-state index contributed by atoms with van der Waals surface area (Å²) in [7, 11) is 0. The Kier molecular flexibility index (Phi) is 3.95. The Morgan fingerprint density at radius 1 is 1.40 bits per heavy atom. The normalized spacial score (nSPS) is 19.1. The number of rotatable bonds is 2. The van der Waals surface area contributed by atoms with Crippen molar-refractivity contribution in [1.29, 1.82) is 0 Å². The lowest BCUT2D eigenvalue weighted by atomic mass is 10.1. The summed E-state index contributed by atoms with van der Waals surface area (Å²) in [5.74, 6) is -0.0396. The predicted octanol–water partition coefficient (Wildman–Crippen LogP) is 2.41. The smallest absolute Gasteiger partial charge is 0.267 e. The lowest BCUT2D eigenvalue weighted by Gasteiger charge is -2.32. The van der Waals surface area contributed by atoms with Gasteiger partial charge in [0.05, 0.1) is 19.3 Å². The van der Waals surface area contributed by atoms with E-state index in [-0.39, 0.29) is 12.0 Å². The van der Waals surface area contributed by atoms with Crippen LogP contribution in [0.4, 0.5) is 0 Å². The van der Waals surface area contributed by atoms with Crippen LogP contribution < -0.4 is 0 Å². The van der Waals surface area contributed by atoms with Crippen LogP contribution in [0, 0.1) is 0 Å². The number of nitrogens with zero attached hydrogens (tertiary/aromatic N) is 3. The molecule has 7 heteroatoms. The van der Waals surface area contributed by atoms with Gasteiger partial charge in [0.2, 0.25) is 0 Å². The second-order valence-electron chi connectivity index (χ2n) is 4.44. The van der Waals surface area contributed by atoms with Crippen molar-refractivity contribution < 1.29 is 9.53 Å². The molecule has 0 N–H and O–H groups in total. The summed E-state index contributed by atoms with van der Waals surface area (Å²) in [6.45, 7) is 1.63. The number of carbonyl (C=O) groups is 1. The Bertz CT molecular complexity index is 588. The first-order chi connectivity index (χ1) is 9.74. The molecule has 0 aliphatic carbocycles. The van der Waals surface area contributed by atoms with E-state index in [1.807, 2.05) is 24.3 Å². The first-order valence-electron chi connectivity index (χ1n) is 6.18. The van der Waals surface area contributed by atoms with E-state index in [1.165, 1.54) is 6.20 Å². The molecule has 1 saturated heterocycles. The fraction of sp³-hybridized carbons (Fsp3) is 0.308. The fourth-order valence-corrected chi connectivity index (χ4v) is 2.74. The summed E-state index contributed by atoms with van der Waals surface area (Å²) < 4.78 is 9.46. The number of halogens is 1. The highest BCUT2D eigenvalue weighted by molar-refractivity contribution is 7.07. The summed E-state index contributed by atoms with van der Waals surface area (Å²) >= 11 is 6.99. The molecule has 2 heterocycles. The van der Waals surface area contributed by atoms with Gasteiger partial charge < -0.3 is 9.64 Å². The van der Waals surface area contributed by atoms with Crippen LogP contribution in [0.2, 0.25) is 5.02 Å². The van der Waals surface area contributed by atoms with E-state index in [1.54, 1.807) is 4.90 Å². The average Bonchev–Trinajstić information content (AvgIpc) is 3.01. The van der Waals surface area contributed by atoms with Crippen LogP contribution in [0.25, 0.3) is 0 Å². The van der Waals surface area contributed by atoms with Crippen LogP contribution >= 0.6 is 23.1 Å². The number of amides is 1. The van der Waals surface area contributed by atoms with Crippen LogP contribution in [-0.4, -0.2) is 40.1 Å². The maximum Gasteiger partial charge on any atom is 0.267 e. The zero-order valence-electron chi connectivity index (χ0n) is 10.5. The van der Waals surface area contributed by atoms with Crippen LogP contribution in [-0.2, 0) is 4.74 Å². The SMILES string of the molecule is O=C(c1cnns1)N1CCOC(c2ccc(Cl)cc2)C1. The Morgan fingerprint density at radius 3 is 2.90 bits per heavy atom. The molecule has 1 aliphatic rings. The van der Waals surface area contributed by atoms with E-state index < -0.39 is 0 Å². The molecule has 5 nitrogen and oxygen atoms in total.